The van der Waals surface area contributed by atoms with E-state index in [4.69, 9.17) is 9.72 Å². The number of rotatable bonds is 5. The lowest BCUT2D eigenvalue weighted by molar-refractivity contribution is 0.0803. The van der Waals surface area contributed by atoms with Crippen molar-refractivity contribution in [3.05, 3.63) is 15.6 Å². The molecule has 18 heavy (non-hydrogen) atoms. The van der Waals surface area contributed by atoms with Crippen LogP contribution in [0.25, 0.3) is 0 Å². The molecule has 0 bridgehead atoms. The molecule has 1 aliphatic rings. The smallest absolute Gasteiger partial charge is 0.0985 e. The van der Waals surface area contributed by atoms with E-state index in [0.29, 0.717) is 12.0 Å². The van der Waals surface area contributed by atoms with Crippen LogP contribution in [0.4, 0.5) is 0 Å². The molecule has 0 saturated carbocycles. The Morgan fingerprint density at radius 3 is 3.06 bits per heavy atom. The second-order valence-corrected chi connectivity index (χ2v) is 6.15. The lowest BCUT2D eigenvalue weighted by atomic mass is 10.0. The summed E-state index contributed by atoms with van der Waals surface area (Å²) in [5.74, 6) is 0.523. The number of hydrogen-bond donors (Lipinski definition) is 1. The van der Waals surface area contributed by atoms with Gasteiger partial charge in [0.05, 0.1) is 17.3 Å². The molecule has 3 nitrogen and oxygen atoms in total. The maximum atomic E-state index is 5.56. The molecular formula is C14H24N2OS. The first kappa shape index (κ1) is 14.0. The van der Waals surface area contributed by atoms with Gasteiger partial charge in [0.2, 0.25) is 0 Å². The van der Waals surface area contributed by atoms with Gasteiger partial charge in [0.1, 0.15) is 0 Å². The molecule has 2 heterocycles. The van der Waals surface area contributed by atoms with Crippen LogP contribution in [0.2, 0.25) is 0 Å². The van der Waals surface area contributed by atoms with E-state index in [-0.39, 0.29) is 0 Å². The highest BCUT2D eigenvalue weighted by Gasteiger charge is 2.22. The molecule has 0 amide bonds. The third-order valence-electron chi connectivity index (χ3n) is 3.45. The first-order valence-corrected chi connectivity index (χ1v) is 7.82. The highest BCUT2D eigenvalue weighted by Crippen LogP contribution is 2.33. The van der Waals surface area contributed by atoms with Crippen LogP contribution in [0.5, 0.6) is 0 Å². The van der Waals surface area contributed by atoms with Gasteiger partial charge in [-0.1, -0.05) is 6.92 Å². The van der Waals surface area contributed by atoms with E-state index in [2.05, 4.69) is 26.1 Å². The van der Waals surface area contributed by atoms with Crippen LogP contribution in [0, 0.1) is 6.92 Å². The van der Waals surface area contributed by atoms with Gasteiger partial charge in [0.15, 0.2) is 0 Å². The zero-order chi connectivity index (χ0) is 13.0. The summed E-state index contributed by atoms with van der Waals surface area (Å²) in [5, 5.41) is 4.82. The normalized spacial score (nSPS) is 22.1. The monoisotopic (exact) mass is 268 g/mol. The molecule has 102 valence electrons. The molecular weight excluding hydrogens is 244 g/mol. The van der Waals surface area contributed by atoms with E-state index in [1.165, 1.54) is 34.8 Å². The topological polar surface area (TPSA) is 34.1 Å². The Morgan fingerprint density at radius 2 is 2.39 bits per heavy atom. The van der Waals surface area contributed by atoms with Crippen molar-refractivity contribution in [3.8, 4) is 0 Å². The zero-order valence-electron chi connectivity index (χ0n) is 11.7. The van der Waals surface area contributed by atoms with Gasteiger partial charge in [-0.2, -0.15) is 0 Å². The van der Waals surface area contributed by atoms with Crippen molar-refractivity contribution < 1.29 is 4.74 Å². The van der Waals surface area contributed by atoms with Crippen LogP contribution in [0.15, 0.2) is 0 Å². The van der Waals surface area contributed by atoms with E-state index in [0.717, 1.165) is 19.8 Å². The molecule has 1 aromatic rings. The minimum absolute atomic E-state index is 0.417. The van der Waals surface area contributed by atoms with Crippen molar-refractivity contribution in [3.63, 3.8) is 0 Å². The number of nitrogens with zero attached hydrogens (tertiary/aromatic N) is 1. The predicted molar refractivity (Wildman–Crippen MR) is 76.4 cm³/mol. The summed E-state index contributed by atoms with van der Waals surface area (Å²) in [5.41, 5.74) is 1.19. The summed E-state index contributed by atoms with van der Waals surface area (Å²) in [6, 6.07) is 0.417. The number of aryl methyl sites for hydroxylation is 1. The van der Waals surface area contributed by atoms with Crippen molar-refractivity contribution in [2.24, 2.45) is 0 Å². The average molecular weight is 268 g/mol. The summed E-state index contributed by atoms with van der Waals surface area (Å²) in [6.07, 6.45) is 3.57. The molecule has 2 unspecified atom stereocenters. The van der Waals surface area contributed by atoms with Crippen LogP contribution >= 0.6 is 11.3 Å². The van der Waals surface area contributed by atoms with E-state index >= 15 is 0 Å². The highest BCUT2D eigenvalue weighted by atomic mass is 32.1. The van der Waals surface area contributed by atoms with Crippen LogP contribution < -0.4 is 5.32 Å². The average Bonchev–Trinajstić information content (AvgIpc) is 2.79. The maximum absolute atomic E-state index is 5.56. The predicted octanol–water partition coefficient (Wildman–Crippen LogP) is 3.41. The third kappa shape index (κ3) is 3.31. The highest BCUT2D eigenvalue weighted by molar-refractivity contribution is 7.11. The third-order valence-corrected chi connectivity index (χ3v) is 4.95. The van der Waals surface area contributed by atoms with E-state index in [1.54, 1.807) is 0 Å². The quantitative estimate of drug-likeness (QED) is 0.888. The molecule has 2 rings (SSSR count). The number of nitrogens with one attached hydrogen (secondary N) is 1. The van der Waals surface area contributed by atoms with Crippen molar-refractivity contribution in [1.29, 1.82) is 0 Å². The number of thiazole rings is 1. The fraction of sp³-hybridized carbons (Fsp3) is 0.786. The Hall–Kier alpha value is -0.450. The zero-order valence-corrected chi connectivity index (χ0v) is 12.5. The van der Waals surface area contributed by atoms with Gasteiger partial charge < -0.3 is 10.1 Å². The summed E-state index contributed by atoms with van der Waals surface area (Å²) < 4.78 is 5.56. The van der Waals surface area contributed by atoms with Crippen molar-refractivity contribution in [2.75, 3.05) is 19.8 Å². The molecule has 0 spiro atoms. The molecule has 0 aromatic carbocycles. The SMILES string of the molecule is CCCNC(C)c1sc(C2CCCOC2)nc1C. The van der Waals surface area contributed by atoms with E-state index in [9.17, 15) is 0 Å². The fourth-order valence-corrected chi connectivity index (χ4v) is 3.61. The summed E-state index contributed by atoms with van der Waals surface area (Å²) in [7, 11) is 0. The van der Waals surface area contributed by atoms with Gasteiger partial charge in [-0.05, 0) is 39.7 Å². The van der Waals surface area contributed by atoms with Gasteiger partial charge in [-0.25, -0.2) is 4.98 Å². The van der Waals surface area contributed by atoms with Crippen molar-refractivity contribution >= 4 is 11.3 Å². The molecule has 1 fully saturated rings. The van der Waals surface area contributed by atoms with Gasteiger partial charge in [-0.3, -0.25) is 0 Å². The minimum atomic E-state index is 0.417. The molecule has 1 saturated heterocycles. The Kier molecular flexibility index (Phi) is 5.15. The van der Waals surface area contributed by atoms with Gasteiger partial charge in [0, 0.05) is 23.4 Å². The number of ether oxygens (including phenoxy) is 1. The van der Waals surface area contributed by atoms with E-state index < -0.39 is 0 Å². The largest absolute Gasteiger partial charge is 0.381 e. The van der Waals surface area contributed by atoms with Crippen LogP contribution in [-0.2, 0) is 4.74 Å². The second kappa shape index (κ2) is 6.64. The Balaban J connectivity index is 2.05. The number of aromatic nitrogens is 1. The fourth-order valence-electron chi connectivity index (χ4n) is 2.40. The molecule has 1 aromatic heterocycles. The van der Waals surface area contributed by atoms with Gasteiger partial charge in [0.25, 0.3) is 0 Å². The Labute approximate surface area is 114 Å². The molecule has 1 N–H and O–H groups in total. The summed E-state index contributed by atoms with van der Waals surface area (Å²) >= 11 is 1.87. The molecule has 0 aliphatic carbocycles. The standard InChI is InChI=1S/C14H24N2OS/c1-4-7-15-10(2)13-11(3)16-14(18-13)12-6-5-8-17-9-12/h10,12,15H,4-9H2,1-3H3. The lowest BCUT2D eigenvalue weighted by Crippen LogP contribution is -2.18. The minimum Gasteiger partial charge on any atom is -0.381 e. The summed E-state index contributed by atoms with van der Waals surface area (Å²) in [6.45, 7) is 9.40. The van der Waals surface area contributed by atoms with Crippen LogP contribution in [0.3, 0.4) is 0 Å². The first-order chi connectivity index (χ1) is 8.72. The Bertz CT molecular complexity index is 372. The molecule has 0 radical (unpaired) electrons. The van der Waals surface area contributed by atoms with Crippen molar-refractivity contribution in [1.82, 2.24) is 10.3 Å². The lowest BCUT2D eigenvalue weighted by Gasteiger charge is -2.19. The molecule has 4 heteroatoms. The maximum Gasteiger partial charge on any atom is 0.0985 e. The van der Waals surface area contributed by atoms with E-state index in [1.807, 2.05) is 11.3 Å². The van der Waals surface area contributed by atoms with Crippen LogP contribution in [-0.4, -0.2) is 24.7 Å². The van der Waals surface area contributed by atoms with Gasteiger partial charge in [-0.15, -0.1) is 11.3 Å². The van der Waals surface area contributed by atoms with Gasteiger partial charge >= 0.3 is 0 Å². The van der Waals surface area contributed by atoms with Crippen LogP contribution in [0.1, 0.15) is 60.6 Å². The molecule has 2 atom stereocenters. The number of hydrogen-bond acceptors (Lipinski definition) is 4. The first-order valence-electron chi connectivity index (χ1n) is 7.00. The van der Waals surface area contributed by atoms with Crippen molar-refractivity contribution in [2.45, 2.75) is 52.0 Å². The molecule has 1 aliphatic heterocycles. The second-order valence-electron chi connectivity index (χ2n) is 5.09. The Morgan fingerprint density at radius 1 is 1.56 bits per heavy atom. The summed E-state index contributed by atoms with van der Waals surface area (Å²) in [4.78, 5) is 6.15.